The van der Waals surface area contributed by atoms with Gasteiger partial charge in [-0.25, -0.2) is 0 Å². The first-order chi connectivity index (χ1) is 17.5. The van der Waals surface area contributed by atoms with Gasteiger partial charge in [-0.2, -0.15) is 0 Å². The van der Waals surface area contributed by atoms with Crippen LogP contribution in [0.3, 0.4) is 0 Å². The van der Waals surface area contributed by atoms with Crippen molar-refractivity contribution >= 4 is 11.9 Å². The van der Waals surface area contributed by atoms with Crippen molar-refractivity contribution in [3.8, 4) is 0 Å². The average Bonchev–Trinajstić information content (AvgIpc) is 3.16. The van der Waals surface area contributed by atoms with E-state index < -0.39 is 17.3 Å². The molecule has 0 aromatic carbocycles. The summed E-state index contributed by atoms with van der Waals surface area (Å²) in [6, 6.07) is 0. The molecule has 4 fully saturated rings. The summed E-state index contributed by atoms with van der Waals surface area (Å²) >= 11 is 0. The molecule has 0 radical (unpaired) electrons. The van der Waals surface area contributed by atoms with Crippen LogP contribution >= 0.6 is 0 Å². The first kappa shape index (κ1) is 29.8. The molecule has 4 aliphatic rings. The minimum Gasteiger partial charge on any atom is -0.460 e. The maximum atomic E-state index is 12.3. The normalized spacial score (nSPS) is 42.1. The summed E-state index contributed by atoms with van der Waals surface area (Å²) in [5.41, 5.74) is -1.60. The number of ether oxygens (including phenoxy) is 2. The Morgan fingerprint density at radius 3 is 2.18 bits per heavy atom. The molecule has 38 heavy (non-hydrogen) atoms. The van der Waals surface area contributed by atoms with E-state index in [4.69, 9.17) is 9.47 Å². The number of hydrogen-bond donors (Lipinski definition) is 2. The summed E-state index contributed by atoms with van der Waals surface area (Å²) < 4.78 is 11.5. The van der Waals surface area contributed by atoms with Crippen LogP contribution in [0.1, 0.15) is 120 Å². The molecule has 0 aromatic rings. The number of fused-ring (bicyclic) bond motifs is 5. The van der Waals surface area contributed by atoms with E-state index in [-0.39, 0.29) is 35.3 Å². The molecular formula is C32H54O6. The SMILES string of the molecule is CC(=O)OC(CC(C)C(C)(C)OC(C)=O)C(C)(O)[C@H]1CC[C@H]2[C@@H]3CC[C@H]4C[C@H](O)CC[C@]4(C)[C@H]3CC[C@]12C. The summed E-state index contributed by atoms with van der Waals surface area (Å²) in [5.74, 6) is 1.76. The topological polar surface area (TPSA) is 93.1 Å². The standard InChI is InChI=1S/C32H54O6/c1-19(29(4,5)38-21(3)34)17-28(37-20(2)33)32(8,36)27-12-11-25-24-10-9-22-18-23(35)13-15-30(22,6)26(24)14-16-31(25,27)7/h19,22-28,35-36H,9-18H2,1-8H3/t19?,22-,23+,24-,25-,26-,27-,28?,30-,31-,32?/m0/s1. The second kappa shape index (κ2) is 10.4. The van der Waals surface area contributed by atoms with E-state index in [0.717, 1.165) is 38.5 Å². The zero-order chi connectivity index (χ0) is 28.3. The zero-order valence-corrected chi connectivity index (χ0v) is 25.2. The van der Waals surface area contributed by atoms with Crippen LogP contribution in [0, 0.1) is 46.3 Å². The lowest BCUT2D eigenvalue weighted by Gasteiger charge is -2.61. The number of hydrogen-bond acceptors (Lipinski definition) is 6. The Hall–Kier alpha value is -1.14. The van der Waals surface area contributed by atoms with Gasteiger partial charge in [0, 0.05) is 13.8 Å². The molecule has 0 aromatic heterocycles. The Morgan fingerprint density at radius 2 is 1.55 bits per heavy atom. The molecule has 0 amide bonds. The minimum absolute atomic E-state index is 0.00488. The van der Waals surface area contributed by atoms with E-state index in [1.807, 2.05) is 27.7 Å². The Balaban J connectivity index is 1.56. The van der Waals surface area contributed by atoms with Gasteiger partial charge in [-0.05, 0) is 131 Å². The van der Waals surface area contributed by atoms with Crippen molar-refractivity contribution in [1.82, 2.24) is 0 Å². The molecule has 4 saturated carbocycles. The van der Waals surface area contributed by atoms with Gasteiger partial charge in [0.25, 0.3) is 0 Å². The van der Waals surface area contributed by atoms with Crippen molar-refractivity contribution in [2.24, 2.45) is 46.3 Å². The van der Waals surface area contributed by atoms with Crippen molar-refractivity contribution < 1.29 is 29.3 Å². The molecule has 0 bridgehead atoms. The van der Waals surface area contributed by atoms with E-state index in [0.29, 0.717) is 35.5 Å². The van der Waals surface area contributed by atoms with Crippen LogP contribution in [0.15, 0.2) is 0 Å². The quantitative estimate of drug-likeness (QED) is 0.386. The highest BCUT2D eigenvalue weighted by Crippen LogP contribution is 2.69. The van der Waals surface area contributed by atoms with Crippen LogP contribution < -0.4 is 0 Å². The van der Waals surface area contributed by atoms with Gasteiger partial charge in [0.05, 0.1) is 6.10 Å². The summed E-state index contributed by atoms with van der Waals surface area (Å²) in [6.45, 7) is 15.4. The first-order valence-corrected chi connectivity index (χ1v) is 15.3. The fraction of sp³-hybridized carbons (Fsp3) is 0.938. The minimum atomic E-state index is -1.18. The largest absolute Gasteiger partial charge is 0.460 e. The highest BCUT2D eigenvalue weighted by atomic mass is 16.6. The second-order valence-corrected chi connectivity index (χ2v) is 14.9. The second-order valence-electron chi connectivity index (χ2n) is 14.9. The molecule has 0 heterocycles. The molecular weight excluding hydrogens is 480 g/mol. The van der Waals surface area contributed by atoms with Crippen LogP contribution in [0.5, 0.6) is 0 Å². The Kier molecular flexibility index (Phi) is 8.13. The predicted octanol–water partition coefficient (Wildman–Crippen LogP) is 6.06. The molecule has 0 spiro atoms. The summed E-state index contributed by atoms with van der Waals surface area (Å²) in [5, 5.41) is 22.6. The Labute approximate surface area is 230 Å². The molecule has 4 rings (SSSR count). The van der Waals surface area contributed by atoms with Crippen molar-refractivity contribution in [3.05, 3.63) is 0 Å². The smallest absolute Gasteiger partial charge is 0.303 e. The van der Waals surface area contributed by atoms with Gasteiger partial charge in [-0.3, -0.25) is 9.59 Å². The van der Waals surface area contributed by atoms with Crippen LogP contribution in [-0.2, 0) is 19.1 Å². The molecule has 218 valence electrons. The monoisotopic (exact) mass is 534 g/mol. The van der Waals surface area contributed by atoms with E-state index in [1.165, 1.54) is 33.1 Å². The van der Waals surface area contributed by atoms with Gasteiger partial charge in [0.15, 0.2) is 0 Å². The van der Waals surface area contributed by atoms with E-state index in [9.17, 15) is 19.8 Å². The van der Waals surface area contributed by atoms with Crippen molar-refractivity contribution in [1.29, 1.82) is 0 Å². The third-order valence-corrected chi connectivity index (χ3v) is 12.5. The number of carbonyl (C=O) groups is 2. The third kappa shape index (κ3) is 5.18. The van der Waals surface area contributed by atoms with Gasteiger partial charge in [0.1, 0.15) is 17.3 Å². The van der Waals surface area contributed by atoms with Crippen LogP contribution in [-0.4, -0.2) is 45.6 Å². The van der Waals surface area contributed by atoms with Gasteiger partial charge in [-0.1, -0.05) is 20.8 Å². The van der Waals surface area contributed by atoms with Gasteiger partial charge < -0.3 is 19.7 Å². The fourth-order valence-electron chi connectivity index (χ4n) is 10.1. The van der Waals surface area contributed by atoms with Crippen molar-refractivity contribution in [2.45, 2.75) is 143 Å². The Bertz CT molecular complexity index is 896. The van der Waals surface area contributed by atoms with E-state index >= 15 is 0 Å². The average molecular weight is 535 g/mol. The van der Waals surface area contributed by atoms with Crippen LogP contribution in [0.4, 0.5) is 0 Å². The summed E-state index contributed by atoms with van der Waals surface area (Å²) in [4.78, 5) is 23.9. The highest BCUT2D eigenvalue weighted by Gasteiger charge is 2.63. The number of rotatable bonds is 7. The molecule has 6 heteroatoms. The summed E-state index contributed by atoms with van der Waals surface area (Å²) in [7, 11) is 0. The lowest BCUT2D eigenvalue weighted by Crippen LogP contribution is -2.58. The molecule has 4 aliphatic carbocycles. The number of aliphatic hydroxyl groups is 2. The molecule has 11 atom stereocenters. The van der Waals surface area contributed by atoms with Gasteiger partial charge in [-0.15, -0.1) is 0 Å². The highest BCUT2D eigenvalue weighted by molar-refractivity contribution is 5.66. The fourth-order valence-corrected chi connectivity index (χ4v) is 10.1. The first-order valence-electron chi connectivity index (χ1n) is 15.3. The molecule has 6 nitrogen and oxygen atoms in total. The number of esters is 2. The number of aliphatic hydroxyl groups excluding tert-OH is 1. The Morgan fingerprint density at radius 1 is 0.921 bits per heavy atom. The molecule has 3 unspecified atom stereocenters. The molecule has 2 N–H and O–H groups in total. The third-order valence-electron chi connectivity index (χ3n) is 12.5. The maximum absolute atomic E-state index is 12.3. The van der Waals surface area contributed by atoms with Gasteiger partial charge in [0.2, 0.25) is 0 Å². The zero-order valence-electron chi connectivity index (χ0n) is 25.2. The molecule has 0 saturated heterocycles. The molecule has 0 aliphatic heterocycles. The summed E-state index contributed by atoms with van der Waals surface area (Å²) in [6.07, 6.45) is 9.42. The van der Waals surface area contributed by atoms with E-state index in [2.05, 4.69) is 13.8 Å². The predicted molar refractivity (Wildman–Crippen MR) is 147 cm³/mol. The van der Waals surface area contributed by atoms with Gasteiger partial charge >= 0.3 is 11.9 Å². The van der Waals surface area contributed by atoms with Crippen molar-refractivity contribution in [2.75, 3.05) is 0 Å². The number of carbonyl (C=O) groups excluding carboxylic acids is 2. The lowest BCUT2D eigenvalue weighted by molar-refractivity contribution is -0.193. The van der Waals surface area contributed by atoms with Crippen LogP contribution in [0.25, 0.3) is 0 Å². The lowest BCUT2D eigenvalue weighted by atomic mass is 9.44. The van der Waals surface area contributed by atoms with E-state index in [1.54, 1.807) is 0 Å². The van der Waals surface area contributed by atoms with Crippen molar-refractivity contribution in [3.63, 3.8) is 0 Å². The maximum Gasteiger partial charge on any atom is 0.303 e. The van der Waals surface area contributed by atoms with Crippen LogP contribution in [0.2, 0.25) is 0 Å².